The maximum absolute atomic E-state index is 12.3. The minimum Gasteiger partial charge on any atom is -0.465 e. The van der Waals surface area contributed by atoms with Gasteiger partial charge in [0.25, 0.3) is 0 Å². The van der Waals surface area contributed by atoms with Crippen molar-refractivity contribution in [3.05, 3.63) is 58.1 Å². The fourth-order valence-electron chi connectivity index (χ4n) is 2.46. The number of anilines is 2. The number of hydrogen-bond acceptors (Lipinski definition) is 6. The van der Waals surface area contributed by atoms with Crippen molar-refractivity contribution in [3.63, 3.8) is 0 Å². The summed E-state index contributed by atoms with van der Waals surface area (Å²) in [6.07, 6.45) is -0.838. The number of halogens is 2. The molecule has 2 rings (SSSR count). The summed E-state index contributed by atoms with van der Waals surface area (Å²) < 4.78 is 10.1. The highest BCUT2D eigenvalue weighted by atomic mass is 35.5. The lowest BCUT2D eigenvalue weighted by Crippen LogP contribution is -2.44. The van der Waals surface area contributed by atoms with Crippen LogP contribution in [0.2, 0.25) is 10.0 Å². The topological polar surface area (TPSA) is 90.7 Å². The van der Waals surface area contributed by atoms with Crippen LogP contribution in [0.15, 0.2) is 42.5 Å². The molecule has 2 aromatic carbocycles. The third kappa shape index (κ3) is 5.86. The lowest BCUT2D eigenvalue weighted by molar-refractivity contribution is -0.155. The number of para-hydroxylation sites is 2. The average molecular weight is 425 g/mol. The van der Waals surface area contributed by atoms with Gasteiger partial charge in [-0.2, -0.15) is 0 Å². The second-order valence-electron chi connectivity index (χ2n) is 6.03. The van der Waals surface area contributed by atoms with Crippen LogP contribution in [0.1, 0.15) is 19.4 Å². The Morgan fingerprint density at radius 3 is 2.39 bits per heavy atom. The van der Waals surface area contributed by atoms with Crippen LogP contribution < -0.4 is 11.1 Å². The van der Waals surface area contributed by atoms with E-state index in [1.807, 2.05) is 6.07 Å². The molecule has 6 nitrogen and oxygen atoms in total. The number of nitrogens with one attached hydrogen (secondary N) is 1. The van der Waals surface area contributed by atoms with Crippen molar-refractivity contribution in [1.82, 2.24) is 0 Å². The van der Waals surface area contributed by atoms with Gasteiger partial charge in [-0.3, -0.25) is 9.59 Å². The maximum Gasteiger partial charge on any atom is 0.326 e. The van der Waals surface area contributed by atoms with Gasteiger partial charge in [0.05, 0.1) is 28.8 Å². The highest BCUT2D eigenvalue weighted by molar-refractivity contribution is 6.39. The predicted molar refractivity (Wildman–Crippen MR) is 110 cm³/mol. The molecule has 0 amide bonds. The molecule has 0 aliphatic heterocycles. The zero-order chi connectivity index (χ0) is 20.7. The van der Waals surface area contributed by atoms with E-state index in [-0.39, 0.29) is 13.0 Å². The van der Waals surface area contributed by atoms with E-state index in [0.717, 1.165) is 0 Å². The molecule has 0 aliphatic rings. The minimum atomic E-state index is -1.04. The van der Waals surface area contributed by atoms with Gasteiger partial charge in [0.15, 0.2) is 0 Å². The fraction of sp³-hybridized carbons (Fsp3) is 0.300. The van der Waals surface area contributed by atoms with E-state index in [1.54, 1.807) is 50.2 Å². The van der Waals surface area contributed by atoms with E-state index >= 15 is 0 Å². The standard InChI is InChI=1S/C20H22Cl2N2O4/c1-3-27-20(26)18(23)12(2)28-17(25)11-13-7-4-5-10-16(13)24-19-14(21)8-6-9-15(19)22/h4-10,12,18,24H,3,11,23H2,1-2H3. The van der Waals surface area contributed by atoms with Gasteiger partial charge in [0, 0.05) is 5.69 Å². The first-order chi connectivity index (χ1) is 13.3. The summed E-state index contributed by atoms with van der Waals surface area (Å²) in [7, 11) is 0. The molecule has 28 heavy (non-hydrogen) atoms. The molecule has 0 saturated heterocycles. The van der Waals surface area contributed by atoms with E-state index in [1.165, 1.54) is 0 Å². The van der Waals surface area contributed by atoms with Crippen molar-refractivity contribution in [1.29, 1.82) is 0 Å². The molecule has 3 N–H and O–H groups in total. The van der Waals surface area contributed by atoms with E-state index in [2.05, 4.69) is 5.32 Å². The zero-order valence-corrected chi connectivity index (χ0v) is 17.1. The van der Waals surface area contributed by atoms with Crippen LogP contribution in [-0.2, 0) is 25.5 Å². The molecule has 2 unspecified atom stereocenters. The molecular formula is C20H22Cl2N2O4. The van der Waals surface area contributed by atoms with E-state index in [0.29, 0.717) is 27.0 Å². The SMILES string of the molecule is CCOC(=O)C(N)C(C)OC(=O)Cc1ccccc1Nc1c(Cl)cccc1Cl. The normalized spacial score (nSPS) is 12.8. The molecule has 0 bridgehead atoms. The number of benzene rings is 2. The Morgan fingerprint density at radius 2 is 1.75 bits per heavy atom. The van der Waals surface area contributed by atoms with Crippen molar-refractivity contribution >= 4 is 46.5 Å². The average Bonchev–Trinajstić information content (AvgIpc) is 2.65. The van der Waals surface area contributed by atoms with Crippen LogP contribution in [0.5, 0.6) is 0 Å². The lowest BCUT2D eigenvalue weighted by atomic mass is 10.1. The number of carbonyl (C=O) groups excluding carboxylic acids is 2. The van der Waals surface area contributed by atoms with Crippen molar-refractivity contribution in [2.75, 3.05) is 11.9 Å². The van der Waals surface area contributed by atoms with Crippen LogP contribution in [0.3, 0.4) is 0 Å². The van der Waals surface area contributed by atoms with E-state index in [4.69, 9.17) is 38.4 Å². The number of nitrogens with two attached hydrogens (primary N) is 1. The summed E-state index contributed by atoms with van der Waals surface area (Å²) in [6, 6.07) is 11.3. The van der Waals surface area contributed by atoms with Gasteiger partial charge in [-0.1, -0.05) is 47.5 Å². The summed E-state index contributed by atoms with van der Waals surface area (Å²) in [5.41, 5.74) is 7.65. The summed E-state index contributed by atoms with van der Waals surface area (Å²) in [5.74, 6) is -1.13. The largest absolute Gasteiger partial charge is 0.465 e. The van der Waals surface area contributed by atoms with Gasteiger partial charge in [-0.15, -0.1) is 0 Å². The van der Waals surface area contributed by atoms with Gasteiger partial charge in [-0.05, 0) is 37.6 Å². The molecule has 2 aromatic rings. The van der Waals surface area contributed by atoms with E-state index in [9.17, 15) is 9.59 Å². The molecule has 8 heteroatoms. The molecule has 0 fully saturated rings. The Labute approximate surface area is 173 Å². The summed E-state index contributed by atoms with van der Waals surface area (Å²) in [6.45, 7) is 3.43. The molecule has 150 valence electrons. The van der Waals surface area contributed by atoms with Gasteiger partial charge in [0.2, 0.25) is 0 Å². The van der Waals surface area contributed by atoms with Crippen LogP contribution in [-0.4, -0.2) is 30.7 Å². The van der Waals surface area contributed by atoms with E-state index < -0.39 is 24.1 Å². The summed E-state index contributed by atoms with van der Waals surface area (Å²) >= 11 is 12.4. The molecule has 0 aromatic heterocycles. The first-order valence-corrected chi connectivity index (χ1v) is 9.49. The lowest BCUT2D eigenvalue weighted by Gasteiger charge is -2.19. The first-order valence-electron chi connectivity index (χ1n) is 8.74. The van der Waals surface area contributed by atoms with Crippen LogP contribution in [0.4, 0.5) is 11.4 Å². The Kier molecular flexibility index (Phi) is 8.11. The monoisotopic (exact) mass is 424 g/mol. The molecule has 0 radical (unpaired) electrons. The second-order valence-corrected chi connectivity index (χ2v) is 6.84. The van der Waals surface area contributed by atoms with Crippen LogP contribution >= 0.6 is 23.2 Å². The molecule has 0 saturated carbocycles. The Morgan fingerprint density at radius 1 is 1.11 bits per heavy atom. The molecule has 0 heterocycles. The third-order valence-corrected chi connectivity index (χ3v) is 4.59. The number of ether oxygens (including phenoxy) is 2. The highest BCUT2D eigenvalue weighted by Gasteiger charge is 2.25. The minimum absolute atomic E-state index is 0.0227. The predicted octanol–water partition coefficient (Wildman–Crippen LogP) is 4.10. The number of carbonyl (C=O) groups is 2. The van der Waals surface area contributed by atoms with Gasteiger partial charge < -0.3 is 20.5 Å². The zero-order valence-electron chi connectivity index (χ0n) is 15.6. The van der Waals surface area contributed by atoms with Crippen molar-refractivity contribution in [2.45, 2.75) is 32.4 Å². The smallest absolute Gasteiger partial charge is 0.326 e. The second kappa shape index (κ2) is 10.3. The van der Waals surface area contributed by atoms with Gasteiger partial charge in [-0.25, -0.2) is 0 Å². The molecule has 0 aliphatic carbocycles. The first kappa shape index (κ1) is 22.0. The maximum atomic E-state index is 12.3. The van der Waals surface area contributed by atoms with Crippen LogP contribution in [0, 0.1) is 0 Å². The highest BCUT2D eigenvalue weighted by Crippen LogP contribution is 2.33. The van der Waals surface area contributed by atoms with Crippen molar-refractivity contribution in [3.8, 4) is 0 Å². The van der Waals surface area contributed by atoms with Gasteiger partial charge >= 0.3 is 11.9 Å². The van der Waals surface area contributed by atoms with Crippen molar-refractivity contribution in [2.24, 2.45) is 5.73 Å². The number of rotatable bonds is 8. The molecule has 2 atom stereocenters. The quantitative estimate of drug-likeness (QED) is 0.619. The number of hydrogen-bond donors (Lipinski definition) is 2. The van der Waals surface area contributed by atoms with Crippen LogP contribution in [0.25, 0.3) is 0 Å². The third-order valence-electron chi connectivity index (χ3n) is 3.96. The Hall–Kier alpha value is -2.28. The Balaban J connectivity index is 2.08. The van der Waals surface area contributed by atoms with Gasteiger partial charge in [0.1, 0.15) is 12.1 Å². The summed E-state index contributed by atoms with van der Waals surface area (Å²) in [5, 5.41) is 4.07. The Bertz CT molecular complexity index is 824. The molecule has 0 spiro atoms. The fourth-order valence-corrected chi connectivity index (χ4v) is 2.95. The van der Waals surface area contributed by atoms with Crippen molar-refractivity contribution < 1.29 is 19.1 Å². The number of esters is 2. The summed E-state index contributed by atoms with van der Waals surface area (Å²) in [4.78, 5) is 24.0. The molecular weight excluding hydrogens is 403 g/mol.